The van der Waals surface area contributed by atoms with E-state index in [9.17, 15) is 9.90 Å². The van der Waals surface area contributed by atoms with Crippen LogP contribution in [0.3, 0.4) is 0 Å². The highest BCUT2D eigenvalue weighted by Crippen LogP contribution is 2.41. The number of likely N-dealkylation sites (tertiary alicyclic amines) is 1. The Labute approximate surface area is 189 Å². The zero-order valence-electron chi connectivity index (χ0n) is 16.7. The summed E-state index contributed by atoms with van der Waals surface area (Å²) in [5.41, 5.74) is 3.83. The molecule has 1 aromatic heterocycles. The maximum atomic E-state index is 10.8. The number of hydrogen-bond acceptors (Lipinski definition) is 6. The normalized spacial score (nSPS) is 14.2. The molecule has 2 aromatic carbocycles. The summed E-state index contributed by atoms with van der Waals surface area (Å²) in [6.45, 7) is 1.77. The molecule has 0 aliphatic carbocycles. The van der Waals surface area contributed by atoms with Crippen LogP contribution in [0.15, 0.2) is 42.6 Å². The predicted molar refractivity (Wildman–Crippen MR) is 120 cm³/mol. The molecule has 160 valence electrons. The maximum absolute atomic E-state index is 10.8. The van der Waals surface area contributed by atoms with Crippen LogP contribution in [0.25, 0.3) is 22.4 Å². The van der Waals surface area contributed by atoms with Gasteiger partial charge in [-0.2, -0.15) is 0 Å². The number of nitrogens with one attached hydrogen (secondary N) is 1. The molecule has 1 aliphatic heterocycles. The number of hydrogen-bond donors (Lipinski definition) is 2. The molecule has 0 saturated carbocycles. The molecule has 7 nitrogen and oxygen atoms in total. The van der Waals surface area contributed by atoms with Gasteiger partial charge in [-0.1, -0.05) is 53.5 Å². The molecule has 1 aliphatic rings. The van der Waals surface area contributed by atoms with Crippen LogP contribution >= 0.6 is 23.2 Å². The number of aromatic nitrogens is 2. The first-order valence-corrected chi connectivity index (χ1v) is 10.4. The Morgan fingerprint density at radius 1 is 1.16 bits per heavy atom. The van der Waals surface area contributed by atoms with Gasteiger partial charge in [-0.25, -0.2) is 4.98 Å². The smallest absolute Gasteiger partial charge is 0.237 e. The number of nitrogens with zero attached hydrogens (tertiary/aromatic N) is 3. The summed E-state index contributed by atoms with van der Waals surface area (Å²) in [6.07, 6.45) is 1.95. The first-order valence-electron chi connectivity index (χ1n) is 9.60. The zero-order chi connectivity index (χ0) is 22.0. The van der Waals surface area contributed by atoms with E-state index < -0.39 is 0 Å². The Balaban J connectivity index is 1.70. The standard InChI is InChI=1S/C22H20Cl2N4O3/c1-31-22-19(11-28-9-13(30)10-28)25-8-18(27-22)16-6-2-4-14(20(16)23)15-5-3-7-17(21(15)24)26-12-29/h2-8,12-13,30H,9-11H2,1H3,(H,26,29). The topological polar surface area (TPSA) is 87.6 Å². The number of anilines is 1. The van der Waals surface area contributed by atoms with Gasteiger partial charge in [0.15, 0.2) is 0 Å². The maximum Gasteiger partial charge on any atom is 0.237 e. The summed E-state index contributed by atoms with van der Waals surface area (Å²) in [5, 5.41) is 12.9. The lowest BCUT2D eigenvalue weighted by atomic mass is 10.0. The average molecular weight is 459 g/mol. The fraction of sp³-hybridized carbons (Fsp3) is 0.227. The number of amides is 1. The number of aliphatic hydroxyl groups excluding tert-OH is 1. The van der Waals surface area contributed by atoms with Crippen LogP contribution in [-0.2, 0) is 11.3 Å². The van der Waals surface area contributed by atoms with Crippen molar-refractivity contribution >= 4 is 35.3 Å². The number of methoxy groups -OCH3 is 1. The van der Waals surface area contributed by atoms with E-state index >= 15 is 0 Å². The predicted octanol–water partition coefficient (Wildman–Crippen LogP) is 3.87. The monoisotopic (exact) mass is 458 g/mol. The third-order valence-electron chi connectivity index (χ3n) is 5.09. The molecular weight excluding hydrogens is 439 g/mol. The van der Waals surface area contributed by atoms with Crippen molar-refractivity contribution in [3.05, 3.63) is 58.3 Å². The van der Waals surface area contributed by atoms with Gasteiger partial charge in [-0.05, 0) is 6.07 Å². The summed E-state index contributed by atoms with van der Waals surface area (Å²) in [4.78, 5) is 22.0. The molecule has 1 amide bonds. The first kappa shape index (κ1) is 21.5. The number of benzene rings is 2. The first-order chi connectivity index (χ1) is 15.0. The number of ether oxygens (including phenoxy) is 1. The van der Waals surface area contributed by atoms with Crippen molar-refractivity contribution < 1.29 is 14.6 Å². The van der Waals surface area contributed by atoms with E-state index in [1.54, 1.807) is 25.4 Å². The van der Waals surface area contributed by atoms with Crippen molar-refractivity contribution in [2.45, 2.75) is 12.6 Å². The molecule has 0 atom stereocenters. The van der Waals surface area contributed by atoms with Crippen molar-refractivity contribution in [1.29, 1.82) is 0 Å². The lowest BCUT2D eigenvalue weighted by Gasteiger charge is -2.35. The number of aliphatic hydroxyl groups is 1. The number of halogens is 2. The van der Waals surface area contributed by atoms with E-state index in [2.05, 4.69) is 20.2 Å². The third-order valence-corrected chi connectivity index (χ3v) is 5.91. The highest BCUT2D eigenvalue weighted by molar-refractivity contribution is 6.39. The Hall–Kier alpha value is -2.71. The second kappa shape index (κ2) is 9.20. The van der Waals surface area contributed by atoms with E-state index in [0.29, 0.717) is 75.7 Å². The zero-order valence-corrected chi connectivity index (χ0v) is 18.2. The highest BCUT2D eigenvalue weighted by atomic mass is 35.5. The fourth-order valence-electron chi connectivity index (χ4n) is 3.54. The Morgan fingerprint density at radius 2 is 1.84 bits per heavy atom. The van der Waals surface area contributed by atoms with Crippen LogP contribution in [0, 0.1) is 0 Å². The number of carbonyl (C=O) groups is 1. The molecular formula is C22H20Cl2N4O3. The van der Waals surface area contributed by atoms with Crippen molar-refractivity contribution in [3.63, 3.8) is 0 Å². The molecule has 3 aromatic rings. The summed E-state index contributed by atoms with van der Waals surface area (Å²) in [6, 6.07) is 10.9. The SMILES string of the molecule is COc1nc(-c2cccc(-c3cccc(NC=O)c3Cl)c2Cl)cnc1CN1CC(O)C1. The molecule has 9 heteroatoms. The van der Waals surface area contributed by atoms with Gasteiger partial charge >= 0.3 is 0 Å². The minimum Gasteiger partial charge on any atom is -0.480 e. The van der Waals surface area contributed by atoms with Crippen LogP contribution in [0.1, 0.15) is 5.69 Å². The van der Waals surface area contributed by atoms with Crippen LogP contribution in [0.2, 0.25) is 10.0 Å². The third kappa shape index (κ3) is 4.36. The molecule has 0 spiro atoms. The van der Waals surface area contributed by atoms with Gasteiger partial charge in [0.25, 0.3) is 0 Å². The van der Waals surface area contributed by atoms with Crippen LogP contribution in [0.5, 0.6) is 5.88 Å². The Bertz CT molecular complexity index is 1120. The van der Waals surface area contributed by atoms with E-state index in [-0.39, 0.29) is 6.10 Å². The van der Waals surface area contributed by atoms with Gasteiger partial charge < -0.3 is 15.2 Å². The second-order valence-corrected chi connectivity index (χ2v) is 7.91. The summed E-state index contributed by atoms with van der Waals surface area (Å²) >= 11 is 13.2. The summed E-state index contributed by atoms with van der Waals surface area (Å²) in [5.74, 6) is 0.413. The van der Waals surface area contributed by atoms with Gasteiger partial charge in [0, 0.05) is 36.3 Å². The minimum absolute atomic E-state index is 0.285. The second-order valence-electron chi connectivity index (χ2n) is 7.16. The van der Waals surface area contributed by atoms with E-state index in [0.717, 1.165) is 0 Å². The number of carbonyl (C=O) groups excluding carboxylic acids is 1. The molecule has 31 heavy (non-hydrogen) atoms. The van der Waals surface area contributed by atoms with Gasteiger partial charge in [0.1, 0.15) is 5.69 Å². The molecule has 0 radical (unpaired) electrons. The van der Waals surface area contributed by atoms with E-state index in [1.165, 1.54) is 0 Å². The molecule has 2 N–H and O–H groups in total. The van der Waals surface area contributed by atoms with Gasteiger partial charge in [0.2, 0.25) is 12.3 Å². The Morgan fingerprint density at radius 3 is 2.52 bits per heavy atom. The quantitative estimate of drug-likeness (QED) is 0.522. The van der Waals surface area contributed by atoms with Crippen LogP contribution < -0.4 is 10.1 Å². The van der Waals surface area contributed by atoms with Crippen LogP contribution in [0.4, 0.5) is 5.69 Å². The van der Waals surface area contributed by atoms with Gasteiger partial charge in [0.05, 0.1) is 40.8 Å². The molecule has 0 unspecified atom stereocenters. The number of β-amino-alcohol motifs (C(OH)–C–C–N with tert-alkyl or cyclic N) is 1. The van der Waals surface area contributed by atoms with Crippen molar-refractivity contribution in [1.82, 2.24) is 14.9 Å². The fourth-order valence-corrected chi connectivity index (χ4v) is 4.14. The molecule has 1 saturated heterocycles. The van der Waals surface area contributed by atoms with E-state index in [1.807, 2.05) is 24.3 Å². The van der Waals surface area contributed by atoms with Crippen molar-refractivity contribution in [2.24, 2.45) is 0 Å². The van der Waals surface area contributed by atoms with Gasteiger partial charge in [-0.3, -0.25) is 14.7 Å². The largest absolute Gasteiger partial charge is 0.480 e. The lowest BCUT2D eigenvalue weighted by molar-refractivity contribution is -0.105. The lowest BCUT2D eigenvalue weighted by Crippen LogP contribution is -2.50. The van der Waals surface area contributed by atoms with Gasteiger partial charge in [-0.15, -0.1) is 0 Å². The summed E-state index contributed by atoms with van der Waals surface area (Å²) in [7, 11) is 1.55. The summed E-state index contributed by atoms with van der Waals surface area (Å²) < 4.78 is 5.45. The molecule has 1 fully saturated rings. The van der Waals surface area contributed by atoms with E-state index in [4.69, 9.17) is 27.9 Å². The van der Waals surface area contributed by atoms with Crippen molar-refractivity contribution in [3.8, 4) is 28.3 Å². The highest BCUT2D eigenvalue weighted by Gasteiger charge is 2.26. The minimum atomic E-state index is -0.285. The molecule has 2 heterocycles. The Kier molecular flexibility index (Phi) is 6.38. The average Bonchev–Trinajstić information content (AvgIpc) is 2.75. The van der Waals surface area contributed by atoms with Crippen LogP contribution in [-0.4, -0.2) is 52.7 Å². The molecule has 0 bridgehead atoms. The molecule has 4 rings (SSSR count). The number of rotatable bonds is 7. The van der Waals surface area contributed by atoms with Crippen molar-refractivity contribution in [2.75, 3.05) is 25.5 Å².